The predicted octanol–water partition coefficient (Wildman–Crippen LogP) is 4.65. The van der Waals surface area contributed by atoms with E-state index in [4.69, 9.17) is 4.42 Å². The topological polar surface area (TPSA) is 47.2 Å². The Hall–Kier alpha value is -3.01. The standard InChI is InChI=1S/C21H20N2O2/c1-3-23-17(21(24)22-13-15-10-8-14(2)9-11-15)12-19-20(23)16-6-4-5-7-18(16)25-19/h4-12H,3,13H2,1-2H3,(H,22,24). The first-order valence-electron chi connectivity index (χ1n) is 8.52. The lowest BCUT2D eigenvalue weighted by Crippen LogP contribution is -2.25. The summed E-state index contributed by atoms with van der Waals surface area (Å²) in [6, 6.07) is 17.9. The molecule has 2 aromatic heterocycles. The maximum Gasteiger partial charge on any atom is 0.268 e. The van der Waals surface area contributed by atoms with Gasteiger partial charge in [0.1, 0.15) is 11.3 Å². The van der Waals surface area contributed by atoms with Gasteiger partial charge in [0, 0.05) is 24.5 Å². The van der Waals surface area contributed by atoms with Crippen molar-refractivity contribution in [3.05, 3.63) is 71.4 Å². The van der Waals surface area contributed by atoms with Gasteiger partial charge in [0.15, 0.2) is 5.58 Å². The van der Waals surface area contributed by atoms with E-state index in [2.05, 4.69) is 24.4 Å². The van der Waals surface area contributed by atoms with Crippen LogP contribution in [0.3, 0.4) is 0 Å². The molecule has 4 heteroatoms. The van der Waals surface area contributed by atoms with E-state index in [1.54, 1.807) is 0 Å². The minimum absolute atomic E-state index is 0.0853. The molecule has 126 valence electrons. The Morgan fingerprint density at radius 3 is 2.60 bits per heavy atom. The number of carbonyl (C=O) groups is 1. The van der Waals surface area contributed by atoms with Crippen molar-refractivity contribution in [2.45, 2.75) is 26.9 Å². The molecule has 1 amide bonds. The highest BCUT2D eigenvalue weighted by atomic mass is 16.3. The molecule has 4 rings (SSSR count). The highest BCUT2D eigenvalue weighted by Gasteiger charge is 2.19. The third kappa shape index (κ3) is 2.70. The van der Waals surface area contributed by atoms with Gasteiger partial charge < -0.3 is 14.3 Å². The Labute approximate surface area is 146 Å². The molecule has 0 fully saturated rings. The van der Waals surface area contributed by atoms with E-state index >= 15 is 0 Å². The predicted molar refractivity (Wildman–Crippen MR) is 99.7 cm³/mol. The molecule has 4 nitrogen and oxygen atoms in total. The van der Waals surface area contributed by atoms with Crippen LogP contribution < -0.4 is 5.32 Å². The molecule has 0 radical (unpaired) electrons. The van der Waals surface area contributed by atoms with Crippen LogP contribution in [-0.4, -0.2) is 10.5 Å². The summed E-state index contributed by atoms with van der Waals surface area (Å²) in [5.41, 5.74) is 5.52. The van der Waals surface area contributed by atoms with Crippen LogP contribution >= 0.6 is 0 Å². The van der Waals surface area contributed by atoms with E-state index in [1.165, 1.54) is 5.56 Å². The van der Waals surface area contributed by atoms with E-state index in [1.807, 2.05) is 54.0 Å². The number of hydrogen-bond donors (Lipinski definition) is 1. The molecular weight excluding hydrogens is 312 g/mol. The second-order valence-corrected chi connectivity index (χ2v) is 6.25. The average molecular weight is 332 g/mol. The molecule has 0 spiro atoms. The number of hydrogen-bond acceptors (Lipinski definition) is 2. The summed E-state index contributed by atoms with van der Waals surface area (Å²) in [5, 5.41) is 4.05. The molecule has 0 atom stereocenters. The van der Waals surface area contributed by atoms with Crippen molar-refractivity contribution in [3.8, 4) is 0 Å². The van der Waals surface area contributed by atoms with Gasteiger partial charge in [-0.15, -0.1) is 0 Å². The fourth-order valence-electron chi connectivity index (χ4n) is 3.24. The number of aryl methyl sites for hydroxylation is 2. The molecule has 1 N–H and O–H groups in total. The summed E-state index contributed by atoms with van der Waals surface area (Å²) in [5.74, 6) is -0.0853. The number of carbonyl (C=O) groups excluding carboxylic acids is 1. The van der Waals surface area contributed by atoms with Gasteiger partial charge >= 0.3 is 0 Å². The largest absolute Gasteiger partial charge is 0.454 e. The molecular formula is C21H20N2O2. The van der Waals surface area contributed by atoms with Crippen LogP contribution in [0.4, 0.5) is 0 Å². The highest BCUT2D eigenvalue weighted by molar-refractivity contribution is 6.07. The zero-order valence-corrected chi connectivity index (χ0v) is 14.4. The van der Waals surface area contributed by atoms with Crippen molar-refractivity contribution in [2.24, 2.45) is 0 Å². The van der Waals surface area contributed by atoms with Gasteiger partial charge in [-0.25, -0.2) is 0 Å². The number of fused-ring (bicyclic) bond motifs is 3. The molecule has 2 aromatic carbocycles. The summed E-state index contributed by atoms with van der Waals surface area (Å²) in [4.78, 5) is 12.7. The minimum Gasteiger partial charge on any atom is -0.454 e. The number of benzene rings is 2. The molecule has 0 saturated heterocycles. The van der Waals surface area contributed by atoms with Gasteiger partial charge in [-0.3, -0.25) is 4.79 Å². The summed E-state index contributed by atoms with van der Waals surface area (Å²) < 4.78 is 7.92. The number of aromatic nitrogens is 1. The Balaban J connectivity index is 1.66. The molecule has 0 saturated carbocycles. The lowest BCUT2D eigenvalue weighted by atomic mass is 10.1. The molecule has 2 heterocycles. The van der Waals surface area contributed by atoms with Crippen LogP contribution in [0.1, 0.15) is 28.5 Å². The molecule has 0 aliphatic heterocycles. The van der Waals surface area contributed by atoms with Gasteiger partial charge in [-0.1, -0.05) is 42.0 Å². The van der Waals surface area contributed by atoms with E-state index in [0.29, 0.717) is 18.8 Å². The first-order chi connectivity index (χ1) is 12.2. The van der Waals surface area contributed by atoms with Gasteiger partial charge in [-0.05, 0) is 31.5 Å². The Morgan fingerprint density at radius 2 is 1.84 bits per heavy atom. The molecule has 4 aromatic rings. The first kappa shape index (κ1) is 15.5. The van der Waals surface area contributed by atoms with Crippen molar-refractivity contribution in [3.63, 3.8) is 0 Å². The number of furan rings is 1. The van der Waals surface area contributed by atoms with E-state index in [0.717, 1.165) is 27.6 Å². The average Bonchev–Trinajstić information content (AvgIpc) is 3.16. The van der Waals surface area contributed by atoms with Crippen LogP contribution in [0.25, 0.3) is 22.1 Å². The highest BCUT2D eigenvalue weighted by Crippen LogP contribution is 2.31. The zero-order valence-electron chi connectivity index (χ0n) is 14.4. The van der Waals surface area contributed by atoms with Crippen molar-refractivity contribution >= 4 is 28.0 Å². The van der Waals surface area contributed by atoms with E-state index in [-0.39, 0.29) is 5.91 Å². The second-order valence-electron chi connectivity index (χ2n) is 6.25. The monoisotopic (exact) mass is 332 g/mol. The van der Waals surface area contributed by atoms with Crippen LogP contribution in [0.2, 0.25) is 0 Å². The van der Waals surface area contributed by atoms with E-state index < -0.39 is 0 Å². The number of para-hydroxylation sites is 1. The summed E-state index contributed by atoms with van der Waals surface area (Å²) in [6.07, 6.45) is 0. The first-order valence-corrected chi connectivity index (χ1v) is 8.52. The van der Waals surface area contributed by atoms with Crippen LogP contribution in [0, 0.1) is 6.92 Å². The number of nitrogens with one attached hydrogen (secondary N) is 1. The van der Waals surface area contributed by atoms with Crippen molar-refractivity contribution in [1.82, 2.24) is 9.88 Å². The Morgan fingerprint density at radius 1 is 1.08 bits per heavy atom. The maximum atomic E-state index is 12.7. The quantitative estimate of drug-likeness (QED) is 0.591. The molecule has 0 aliphatic carbocycles. The van der Waals surface area contributed by atoms with Crippen molar-refractivity contribution in [1.29, 1.82) is 0 Å². The molecule has 0 bridgehead atoms. The molecule has 0 unspecified atom stereocenters. The molecule has 25 heavy (non-hydrogen) atoms. The SMILES string of the molecule is CCn1c(C(=O)NCc2ccc(C)cc2)cc2oc3ccccc3c21. The minimum atomic E-state index is -0.0853. The fourth-order valence-corrected chi connectivity index (χ4v) is 3.24. The van der Waals surface area contributed by atoms with Gasteiger partial charge in [0.2, 0.25) is 0 Å². The van der Waals surface area contributed by atoms with Gasteiger partial charge in [0.25, 0.3) is 5.91 Å². The van der Waals surface area contributed by atoms with Gasteiger partial charge in [0.05, 0.1) is 5.52 Å². The van der Waals surface area contributed by atoms with Crippen LogP contribution in [-0.2, 0) is 13.1 Å². The molecule has 0 aliphatic rings. The van der Waals surface area contributed by atoms with E-state index in [9.17, 15) is 4.79 Å². The fraction of sp³-hybridized carbons (Fsp3) is 0.190. The van der Waals surface area contributed by atoms with Crippen molar-refractivity contribution in [2.75, 3.05) is 0 Å². The summed E-state index contributed by atoms with van der Waals surface area (Å²) in [6.45, 7) is 5.31. The van der Waals surface area contributed by atoms with Gasteiger partial charge in [-0.2, -0.15) is 0 Å². The zero-order chi connectivity index (χ0) is 17.4. The lowest BCUT2D eigenvalue weighted by Gasteiger charge is -2.09. The normalized spacial score (nSPS) is 11.3. The third-order valence-corrected chi connectivity index (χ3v) is 4.55. The summed E-state index contributed by atoms with van der Waals surface area (Å²) >= 11 is 0. The van der Waals surface area contributed by atoms with Crippen LogP contribution in [0.5, 0.6) is 0 Å². The number of nitrogens with zero attached hydrogens (tertiary/aromatic N) is 1. The summed E-state index contributed by atoms with van der Waals surface area (Å²) in [7, 11) is 0. The van der Waals surface area contributed by atoms with Crippen molar-refractivity contribution < 1.29 is 9.21 Å². The maximum absolute atomic E-state index is 12.7. The Bertz CT molecular complexity index is 1050. The smallest absolute Gasteiger partial charge is 0.268 e. The number of amides is 1. The third-order valence-electron chi connectivity index (χ3n) is 4.55. The number of rotatable bonds is 4. The lowest BCUT2D eigenvalue weighted by molar-refractivity contribution is 0.0942. The van der Waals surface area contributed by atoms with Crippen LogP contribution in [0.15, 0.2) is 59.0 Å². The second kappa shape index (κ2) is 6.13. The Kier molecular flexibility index (Phi) is 3.80.